The number of nitrogens with zero attached hydrogens (tertiary/aromatic N) is 2. The lowest BCUT2D eigenvalue weighted by Crippen LogP contribution is -2.48. The largest absolute Gasteiger partial charge is 0.491 e. The van der Waals surface area contributed by atoms with Crippen molar-refractivity contribution in [3.63, 3.8) is 0 Å². The van der Waals surface area contributed by atoms with Crippen LogP contribution in [0, 0.1) is 0 Å². The first-order valence-electron chi connectivity index (χ1n) is 9.71. The Labute approximate surface area is 162 Å². The standard InChI is InChI=1S/C20H33N3O4/c1-4-5-14-26-19-9-7-6-8-18(19)21-20(24)27-17(16-25-3)15-23-12-10-22(2)11-13-23/h6-9,17H,4-5,10-16H2,1-3H3,(H,21,24). The number of anilines is 1. The average molecular weight is 380 g/mol. The van der Waals surface area contributed by atoms with Crippen LogP contribution < -0.4 is 10.1 Å². The van der Waals surface area contributed by atoms with Gasteiger partial charge in [-0.25, -0.2) is 4.79 Å². The van der Waals surface area contributed by atoms with Gasteiger partial charge in [0.15, 0.2) is 0 Å². The minimum absolute atomic E-state index is 0.313. The molecule has 1 aromatic rings. The third-order valence-corrected chi connectivity index (χ3v) is 4.56. The third kappa shape index (κ3) is 7.74. The van der Waals surface area contributed by atoms with Crippen LogP contribution in [0.1, 0.15) is 19.8 Å². The van der Waals surface area contributed by atoms with Gasteiger partial charge in [0.05, 0.1) is 18.9 Å². The molecule has 1 aromatic carbocycles. The Hall–Kier alpha value is -1.83. The fraction of sp³-hybridized carbons (Fsp3) is 0.650. The van der Waals surface area contributed by atoms with E-state index >= 15 is 0 Å². The molecule has 1 saturated heterocycles. The molecule has 1 amide bonds. The minimum Gasteiger partial charge on any atom is -0.491 e. The summed E-state index contributed by atoms with van der Waals surface area (Å²) in [7, 11) is 3.74. The number of amides is 1. The van der Waals surface area contributed by atoms with Gasteiger partial charge in [-0.1, -0.05) is 25.5 Å². The third-order valence-electron chi connectivity index (χ3n) is 4.56. The number of ether oxygens (including phenoxy) is 3. The highest BCUT2D eigenvalue weighted by molar-refractivity contribution is 5.86. The first kappa shape index (κ1) is 21.5. The first-order chi connectivity index (χ1) is 13.1. The molecule has 1 aliphatic heterocycles. The smallest absolute Gasteiger partial charge is 0.412 e. The van der Waals surface area contributed by atoms with Crippen LogP contribution in [0.3, 0.4) is 0 Å². The minimum atomic E-state index is -0.488. The molecule has 1 heterocycles. The second kappa shape index (κ2) is 11.8. The molecule has 0 radical (unpaired) electrons. The lowest BCUT2D eigenvalue weighted by atomic mass is 10.2. The molecule has 1 N–H and O–H groups in total. The second-order valence-electron chi connectivity index (χ2n) is 6.91. The van der Waals surface area contributed by atoms with Crippen molar-refractivity contribution < 1.29 is 19.0 Å². The van der Waals surface area contributed by atoms with Crippen molar-refractivity contribution >= 4 is 11.8 Å². The first-order valence-corrected chi connectivity index (χ1v) is 9.71. The predicted molar refractivity (Wildman–Crippen MR) is 107 cm³/mol. The van der Waals surface area contributed by atoms with Crippen LogP contribution in [0.25, 0.3) is 0 Å². The normalized spacial score (nSPS) is 16.7. The van der Waals surface area contributed by atoms with Gasteiger partial charge in [-0.3, -0.25) is 10.2 Å². The number of rotatable bonds is 10. The van der Waals surface area contributed by atoms with Gasteiger partial charge >= 0.3 is 6.09 Å². The summed E-state index contributed by atoms with van der Waals surface area (Å²) in [4.78, 5) is 17.0. The predicted octanol–water partition coefficient (Wildman–Crippen LogP) is 2.68. The van der Waals surface area contributed by atoms with E-state index < -0.39 is 6.09 Å². The molecular formula is C20H33N3O4. The van der Waals surface area contributed by atoms with Gasteiger partial charge in [0.1, 0.15) is 11.9 Å². The quantitative estimate of drug-likeness (QED) is 0.631. The van der Waals surface area contributed by atoms with Crippen molar-refractivity contribution in [3.8, 4) is 5.75 Å². The van der Waals surface area contributed by atoms with Gasteiger partial charge in [-0.05, 0) is 25.6 Å². The maximum absolute atomic E-state index is 12.4. The highest BCUT2D eigenvalue weighted by atomic mass is 16.6. The van der Waals surface area contributed by atoms with E-state index in [1.165, 1.54) is 0 Å². The maximum Gasteiger partial charge on any atom is 0.412 e. The number of likely N-dealkylation sites (N-methyl/N-ethyl adjacent to an activating group) is 1. The van der Waals surface area contributed by atoms with Crippen LogP contribution in [0.4, 0.5) is 10.5 Å². The molecule has 0 saturated carbocycles. The molecular weight excluding hydrogens is 346 g/mol. The number of carbonyl (C=O) groups is 1. The molecule has 7 nitrogen and oxygen atoms in total. The summed E-state index contributed by atoms with van der Waals surface area (Å²) in [6.07, 6.45) is 1.23. The zero-order valence-corrected chi connectivity index (χ0v) is 16.8. The highest BCUT2D eigenvalue weighted by Gasteiger charge is 2.22. The number of unbranched alkanes of at least 4 members (excludes halogenated alkanes) is 1. The number of hydrogen-bond donors (Lipinski definition) is 1. The molecule has 0 spiro atoms. The van der Waals surface area contributed by atoms with E-state index in [2.05, 4.69) is 29.1 Å². The number of hydrogen-bond acceptors (Lipinski definition) is 6. The summed E-state index contributed by atoms with van der Waals surface area (Å²) in [5.41, 5.74) is 0.620. The molecule has 0 aliphatic carbocycles. The topological polar surface area (TPSA) is 63.3 Å². The average Bonchev–Trinajstić information content (AvgIpc) is 2.65. The van der Waals surface area contributed by atoms with Crippen LogP contribution in [0.15, 0.2) is 24.3 Å². The lowest BCUT2D eigenvalue weighted by molar-refractivity contribution is 0.0157. The molecule has 1 fully saturated rings. The molecule has 0 bridgehead atoms. The van der Waals surface area contributed by atoms with Gasteiger partial charge in [0, 0.05) is 39.8 Å². The van der Waals surface area contributed by atoms with E-state index in [1.807, 2.05) is 24.3 Å². The van der Waals surface area contributed by atoms with Crippen molar-refractivity contribution in [3.05, 3.63) is 24.3 Å². The van der Waals surface area contributed by atoms with Crippen molar-refractivity contribution in [1.82, 2.24) is 9.80 Å². The summed E-state index contributed by atoms with van der Waals surface area (Å²) < 4.78 is 16.6. The van der Waals surface area contributed by atoms with E-state index in [9.17, 15) is 4.79 Å². The van der Waals surface area contributed by atoms with Crippen LogP contribution in [0.5, 0.6) is 5.75 Å². The fourth-order valence-electron chi connectivity index (χ4n) is 2.94. The molecule has 27 heavy (non-hydrogen) atoms. The van der Waals surface area contributed by atoms with Crippen molar-refractivity contribution in [2.75, 3.05) is 65.4 Å². The monoisotopic (exact) mass is 379 g/mol. The van der Waals surface area contributed by atoms with E-state index in [4.69, 9.17) is 14.2 Å². The van der Waals surface area contributed by atoms with Crippen LogP contribution in [-0.2, 0) is 9.47 Å². The Morgan fingerprint density at radius 1 is 1.22 bits per heavy atom. The zero-order valence-electron chi connectivity index (χ0n) is 16.8. The van der Waals surface area contributed by atoms with Crippen molar-refractivity contribution in [2.24, 2.45) is 0 Å². The van der Waals surface area contributed by atoms with E-state index in [0.29, 0.717) is 31.2 Å². The number of piperazine rings is 1. The summed E-state index contributed by atoms with van der Waals surface area (Å²) >= 11 is 0. The fourth-order valence-corrected chi connectivity index (χ4v) is 2.94. The van der Waals surface area contributed by atoms with E-state index in [0.717, 1.165) is 39.0 Å². The van der Waals surface area contributed by atoms with E-state index in [-0.39, 0.29) is 6.10 Å². The molecule has 1 atom stereocenters. The zero-order chi connectivity index (χ0) is 19.5. The Morgan fingerprint density at radius 2 is 1.96 bits per heavy atom. The summed E-state index contributed by atoms with van der Waals surface area (Å²) in [5.74, 6) is 0.658. The lowest BCUT2D eigenvalue weighted by Gasteiger charge is -2.34. The van der Waals surface area contributed by atoms with Crippen LogP contribution in [0.2, 0.25) is 0 Å². The molecule has 0 aromatic heterocycles. The second-order valence-corrected chi connectivity index (χ2v) is 6.91. The number of para-hydroxylation sites is 2. The summed E-state index contributed by atoms with van der Waals surface area (Å²) in [5, 5.41) is 2.80. The number of methoxy groups -OCH3 is 1. The Kier molecular flexibility index (Phi) is 9.38. The molecule has 2 rings (SSSR count). The number of nitrogens with one attached hydrogen (secondary N) is 1. The molecule has 1 aliphatic rings. The molecule has 1 unspecified atom stereocenters. The number of carbonyl (C=O) groups excluding carboxylic acids is 1. The van der Waals surface area contributed by atoms with Gasteiger partial charge in [-0.2, -0.15) is 0 Å². The van der Waals surface area contributed by atoms with Gasteiger partial charge in [0.2, 0.25) is 0 Å². The van der Waals surface area contributed by atoms with Crippen molar-refractivity contribution in [2.45, 2.75) is 25.9 Å². The Morgan fingerprint density at radius 3 is 2.67 bits per heavy atom. The molecule has 152 valence electrons. The van der Waals surface area contributed by atoms with Gasteiger partial charge < -0.3 is 19.1 Å². The van der Waals surface area contributed by atoms with E-state index in [1.54, 1.807) is 7.11 Å². The van der Waals surface area contributed by atoms with Crippen LogP contribution >= 0.6 is 0 Å². The van der Waals surface area contributed by atoms with Crippen LogP contribution in [-0.4, -0.2) is 82.1 Å². The molecule has 7 heteroatoms. The van der Waals surface area contributed by atoms with Gasteiger partial charge in [0.25, 0.3) is 0 Å². The number of benzene rings is 1. The van der Waals surface area contributed by atoms with Gasteiger partial charge in [-0.15, -0.1) is 0 Å². The Balaban J connectivity index is 1.88. The van der Waals surface area contributed by atoms with Crippen molar-refractivity contribution in [1.29, 1.82) is 0 Å². The Bertz CT molecular complexity index is 562. The highest BCUT2D eigenvalue weighted by Crippen LogP contribution is 2.24. The maximum atomic E-state index is 12.4. The SMILES string of the molecule is CCCCOc1ccccc1NC(=O)OC(COC)CN1CCN(C)CC1. The summed E-state index contributed by atoms with van der Waals surface area (Å²) in [6.45, 7) is 7.76. The summed E-state index contributed by atoms with van der Waals surface area (Å²) in [6, 6.07) is 7.41.